The zero-order valence-corrected chi connectivity index (χ0v) is 31.5. The van der Waals surface area contributed by atoms with Crippen LogP contribution in [0.4, 0.5) is 0 Å². The molecule has 0 saturated carbocycles. The van der Waals surface area contributed by atoms with Gasteiger partial charge in [-0.15, -0.1) is 0 Å². The lowest BCUT2D eigenvalue weighted by Gasteiger charge is -2.16. The van der Waals surface area contributed by atoms with Crippen LogP contribution in [0.2, 0.25) is 0 Å². The molecule has 3 heteroatoms. The molecule has 0 amide bonds. The molecule has 58 heavy (non-hydrogen) atoms. The van der Waals surface area contributed by atoms with Crippen LogP contribution in [0.15, 0.2) is 212 Å². The summed E-state index contributed by atoms with van der Waals surface area (Å²) in [4.78, 5) is 15.8. The Labute approximate surface area is 336 Å². The molecule has 0 saturated heterocycles. The van der Waals surface area contributed by atoms with Gasteiger partial charge in [0.05, 0.1) is 22.6 Å². The molecule has 11 rings (SSSR count). The van der Waals surface area contributed by atoms with Crippen LogP contribution in [0.5, 0.6) is 0 Å². The molecule has 2 aromatic heterocycles. The van der Waals surface area contributed by atoms with Crippen molar-refractivity contribution in [3.8, 4) is 67.4 Å². The second kappa shape index (κ2) is 14.1. The monoisotopic (exact) mass is 737 g/mol. The summed E-state index contributed by atoms with van der Waals surface area (Å²) < 4.78 is 0. The van der Waals surface area contributed by atoms with Crippen LogP contribution in [0.25, 0.3) is 111 Å². The van der Waals surface area contributed by atoms with Crippen molar-refractivity contribution in [2.24, 2.45) is 0 Å². The molecule has 0 aliphatic rings. The van der Waals surface area contributed by atoms with Crippen molar-refractivity contribution in [2.75, 3.05) is 0 Å². The summed E-state index contributed by atoms with van der Waals surface area (Å²) in [6.07, 6.45) is 0. The average molecular weight is 738 g/mol. The van der Waals surface area contributed by atoms with E-state index in [2.05, 4.69) is 200 Å². The number of pyridine rings is 1. The molecule has 270 valence electrons. The molecule has 0 fully saturated rings. The Morgan fingerprint density at radius 1 is 0.241 bits per heavy atom. The molecule has 2 heterocycles. The number of benzene rings is 9. The van der Waals surface area contributed by atoms with Crippen molar-refractivity contribution in [2.45, 2.75) is 0 Å². The Hall–Kier alpha value is -7.75. The molecule has 0 spiro atoms. The summed E-state index contributed by atoms with van der Waals surface area (Å²) in [6, 6.07) is 75.0. The van der Waals surface area contributed by atoms with Gasteiger partial charge in [-0.05, 0) is 68.1 Å². The smallest absolute Gasteiger partial charge is 0.160 e. The Morgan fingerprint density at radius 2 is 0.672 bits per heavy atom. The summed E-state index contributed by atoms with van der Waals surface area (Å²) in [6.45, 7) is 0. The van der Waals surface area contributed by atoms with E-state index in [-0.39, 0.29) is 0 Å². The van der Waals surface area contributed by atoms with Crippen LogP contribution in [0.1, 0.15) is 0 Å². The fourth-order valence-corrected chi connectivity index (χ4v) is 8.46. The number of nitrogens with zero attached hydrogens (tertiary/aromatic N) is 3. The lowest BCUT2D eigenvalue weighted by molar-refractivity contribution is 1.18. The number of fused-ring (bicyclic) bond motifs is 8. The largest absolute Gasteiger partial charge is 0.247 e. The maximum Gasteiger partial charge on any atom is 0.160 e. The van der Waals surface area contributed by atoms with E-state index in [9.17, 15) is 0 Å². The van der Waals surface area contributed by atoms with E-state index in [1.165, 1.54) is 43.4 Å². The number of para-hydroxylation sites is 1. The van der Waals surface area contributed by atoms with Crippen molar-refractivity contribution in [1.29, 1.82) is 0 Å². The van der Waals surface area contributed by atoms with Gasteiger partial charge in [-0.2, -0.15) is 0 Å². The van der Waals surface area contributed by atoms with Crippen LogP contribution in [-0.2, 0) is 0 Å². The lowest BCUT2D eigenvalue weighted by Crippen LogP contribution is -1.96. The van der Waals surface area contributed by atoms with Crippen LogP contribution in [-0.4, -0.2) is 15.0 Å². The Balaban J connectivity index is 1.05. The van der Waals surface area contributed by atoms with E-state index < -0.39 is 0 Å². The first-order valence-corrected chi connectivity index (χ1v) is 19.7. The number of hydrogen-bond donors (Lipinski definition) is 0. The summed E-state index contributed by atoms with van der Waals surface area (Å²) in [5, 5.41) is 8.51. The summed E-state index contributed by atoms with van der Waals surface area (Å²) >= 11 is 0. The van der Waals surface area contributed by atoms with Gasteiger partial charge in [-0.1, -0.05) is 188 Å². The Morgan fingerprint density at radius 3 is 1.33 bits per heavy atom. The first-order chi connectivity index (χ1) is 28.7. The maximum atomic E-state index is 5.41. The molecule has 11 aromatic rings. The highest BCUT2D eigenvalue weighted by Gasteiger charge is 2.18. The van der Waals surface area contributed by atoms with Crippen molar-refractivity contribution in [3.05, 3.63) is 212 Å². The summed E-state index contributed by atoms with van der Waals surface area (Å²) in [5.41, 5.74) is 12.4. The molecule has 9 aromatic carbocycles. The SMILES string of the molecule is c1ccc(-c2ccc(-c3cc(-c4ccccc4)nc(-c4cccc(-c5cccc(-c6nc7ccccc7c7c8ccccc8c8ccccc8c67)c5)c4)n3)cc2)cc1. The Kier molecular flexibility index (Phi) is 8.15. The molecule has 0 atom stereocenters. The van der Waals surface area contributed by atoms with E-state index in [0.717, 1.165) is 61.4 Å². The molecule has 0 radical (unpaired) electrons. The number of hydrogen-bond acceptors (Lipinski definition) is 3. The first kappa shape index (κ1) is 33.6. The van der Waals surface area contributed by atoms with Gasteiger partial charge < -0.3 is 0 Å². The minimum absolute atomic E-state index is 0.682. The van der Waals surface area contributed by atoms with Crippen LogP contribution < -0.4 is 0 Å². The van der Waals surface area contributed by atoms with Gasteiger partial charge in [-0.3, -0.25) is 0 Å². The summed E-state index contributed by atoms with van der Waals surface area (Å²) in [5.74, 6) is 0.682. The van der Waals surface area contributed by atoms with E-state index in [4.69, 9.17) is 15.0 Å². The van der Waals surface area contributed by atoms with Gasteiger partial charge in [0.1, 0.15) is 0 Å². The fourth-order valence-electron chi connectivity index (χ4n) is 8.46. The predicted octanol–water partition coefficient (Wildman–Crippen LogP) is 14.5. The molecular formula is C55H35N3. The Bertz CT molecular complexity index is 3320. The van der Waals surface area contributed by atoms with Gasteiger partial charge in [0.25, 0.3) is 0 Å². The molecular weight excluding hydrogens is 703 g/mol. The predicted molar refractivity (Wildman–Crippen MR) is 242 cm³/mol. The second-order valence-electron chi connectivity index (χ2n) is 14.8. The van der Waals surface area contributed by atoms with Gasteiger partial charge >= 0.3 is 0 Å². The van der Waals surface area contributed by atoms with Crippen LogP contribution in [0.3, 0.4) is 0 Å². The van der Waals surface area contributed by atoms with Crippen LogP contribution in [0, 0.1) is 0 Å². The molecule has 3 nitrogen and oxygen atoms in total. The topological polar surface area (TPSA) is 38.7 Å². The van der Waals surface area contributed by atoms with Crippen molar-refractivity contribution >= 4 is 43.2 Å². The third kappa shape index (κ3) is 5.89. The highest BCUT2D eigenvalue weighted by atomic mass is 14.9. The lowest BCUT2D eigenvalue weighted by atomic mass is 9.89. The molecule has 0 bridgehead atoms. The highest BCUT2D eigenvalue weighted by Crippen LogP contribution is 2.43. The molecule has 0 aliphatic carbocycles. The zero-order valence-electron chi connectivity index (χ0n) is 31.5. The maximum absolute atomic E-state index is 5.41. The van der Waals surface area contributed by atoms with Crippen molar-refractivity contribution in [1.82, 2.24) is 15.0 Å². The zero-order chi connectivity index (χ0) is 38.4. The minimum atomic E-state index is 0.682. The summed E-state index contributed by atoms with van der Waals surface area (Å²) in [7, 11) is 0. The third-order valence-electron chi connectivity index (χ3n) is 11.2. The van der Waals surface area contributed by atoms with Gasteiger partial charge in [0.15, 0.2) is 5.82 Å². The van der Waals surface area contributed by atoms with E-state index in [1.54, 1.807) is 0 Å². The average Bonchev–Trinajstić information content (AvgIpc) is 3.31. The standard InChI is InChI=1S/C55H35N3/c1-3-15-36(16-4-1)37-29-31-39(32-30-37)51-35-50(38-17-5-2-6-18-38)57-55(58-51)43-22-14-20-41(34-43)40-19-13-21-42(33-40)54-53-47-26-10-8-24-45(47)44-23-7-9-25-46(44)52(53)48-27-11-12-28-49(48)56-54/h1-35H. The molecule has 0 N–H and O–H groups in total. The first-order valence-electron chi connectivity index (χ1n) is 19.7. The quantitative estimate of drug-likeness (QED) is 0.160. The highest BCUT2D eigenvalue weighted by molar-refractivity contribution is 6.33. The second-order valence-corrected chi connectivity index (χ2v) is 14.8. The van der Waals surface area contributed by atoms with E-state index in [0.29, 0.717) is 5.82 Å². The number of rotatable bonds is 6. The van der Waals surface area contributed by atoms with Gasteiger partial charge in [0.2, 0.25) is 0 Å². The van der Waals surface area contributed by atoms with Crippen molar-refractivity contribution in [3.63, 3.8) is 0 Å². The minimum Gasteiger partial charge on any atom is -0.247 e. The normalized spacial score (nSPS) is 11.4. The number of aromatic nitrogens is 3. The van der Waals surface area contributed by atoms with E-state index in [1.807, 2.05) is 12.1 Å². The third-order valence-corrected chi connectivity index (χ3v) is 11.2. The van der Waals surface area contributed by atoms with Crippen molar-refractivity contribution < 1.29 is 0 Å². The molecule has 0 aliphatic heterocycles. The molecule has 0 unspecified atom stereocenters. The van der Waals surface area contributed by atoms with Gasteiger partial charge in [-0.25, -0.2) is 15.0 Å². The van der Waals surface area contributed by atoms with Gasteiger partial charge in [0, 0.05) is 38.4 Å². The fraction of sp³-hybridized carbons (Fsp3) is 0. The van der Waals surface area contributed by atoms with Crippen LogP contribution >= 0.6 is 0 Å². The van der Waals surface area contributed by atoms with E-state index >= 15 is 0 Å².